The zero-order valence-corrected chi connectivity index (χ0v) is 21.3. The molecule has 1 fully saturated rings. The molecule has 0 saturated heterocycles. The molecule has 1 aliphatic carbocycles. The summed E-state index contributed by atoms with van der Waals surface area (Å²) in [5.41, 5.74) is 10.8. The number of esters is 1. The van der Waals surface area contributed by atoms with Gasteiger partial charge in [-0.15, -0.1) is 11.3 Å². The molecule has 2 amide bonds. The minimum absolute atomic E-state index is 0.00396. The van der Waals surface area contributed by atoms with E-state index in [0.717, 1.165) is 47.2 Å². The summed E-state index contributed by atoms with van der Waals surface area (Å²) >= 11 is 7.78. The SMILES string of the molecule is CC(=O)OC1CCC(c2csc3c(-c4cccc(N(C(N)=O)c5cccc(Cl)c5)c4)ncnc23)CC1. The van der Waals surface area contributed by atoms with Gasteiger partial charge in [-0.05, 0) is 72.9 Å². The molecule has 2 N–H and O–H groups in total. The lowest BCUT2D eigenvalue weighted by Crippen LogP contribution is -2.31. The van der Waals surface area contributed by atoms with Crippen molar-refractivity contribution in [2.75, 3.05) is 4.90 Å². The number of hydrogen-bond acceptors (Lipinski definition) is 6. The molecule has 2 aromatic heterocycles. The van der Waals surface area contributed by atoms with Crippen LogP contribution in [0.1, 0.15) is 44.1 Å². The van der Waals surface area contributed by atoms with Gasteiger partial charge in [0, 0.05) is 17.5 Å². The largest absolute Gasteiger partial charge is 0.463 e. The fourth-order valence-corrected chi connectivity index (χ4v) is 6.20. The molecule has 0 radical (unpaired) electrons. The monoisotopic (exact) mass is 520 g/mol. The zero-order valence-electron chi connectivity index (χ0n) is 19.7. The number of amides is 2. The summed E-state index contributed by atoms with van der Waals surface area (Å²) < 4.78 is 6.40. The van der Waals surface area contributed by atoms with Gasteiger partial charge in [0.2, 0.25) is 0 Å². The van der Waals surface area contributed by atoms with E-state index >= 15 is 0 Å². The number of primary amides is 1. The smallest absolute Gasteiger partial charge is 0.323 e. The van der Waals surface area contributed by atoms with Gasteiger partial charge in [-0.3, -0.25) is 9.69 Å². The van der Waals surface area contributed by atoms with Gasteiger partial charge < -0.3 is 10.5 Å². The molecule has 9 heteroatoms. The Bertz CT molecular complexity index is 1430. The highest BCUT2D eigenvalue weighted by molar-refractivity contribution is 7.17. The highest BCUT2D eigenvalue weighted by Gasteiger charge is 2.27. The number of nitrogens with zero attached hydrogens (tertiary/aromatic N) is 3. The van der Waals surface area contributed by atoms with Crippen LogP contribution in [0, 0.1) is 0 Å². The average Bonchev–Trinajstić information content (AvgIpc) is 3.29. The van der Waals surface area contributed by atoms with Gasteiger partial charge in [-0.1, -0.05) is 29.8 Å². The Balaban J connectivity index is 1.47. The second kappa shape index (κ2) is 10.2. The summed E-state index contributed by atoms with van der Waals surface area (Å²) in [7, 11) is 0. The molecule has 7 nitrogen and oxygen atoms in total. The molecule has 0 unspecified atom stereocenters. The van der Waals surface area contributed by atoms with Gasteiger partial charge in [-0.25, -0.2) is 14.8 Å². The number of halogens is 1. The molecule has 5 rings (SSSR count). The van der Waals surface area contributed by atoms with Crippen LogP contribution in [0.5, 0.6) is 0 Å². The number of benzene rings is 2. The van der Waals surface area contributed by atoms with Gasteiger partial charge in [-0.2, -0.15) is 0 Å². The average molecular weight is 521 g/mol. The summed E-state index contributed by atoms with van der Waals surface area (Å²) in [5, 5.41) is 2.69. The third-order valence-electron chi connectivity index (χ3n) is 6.49. The lowest BCUT2D eigenvalue weighted by atomic mass is 9.83. The maximum Gasteiger partial charge on any atom is 0.323 e. The first-order chi connectivity index (χ1) is 17.4. The number of hydrogen-bond donors (Lipinski definition) is 1. The molecule has 184 valence electrons. The molecule has 0 atom stereocenters. The predicted molar refractivity (Wildman–Crippen MR) is 143 cm³/mol. The van der Waals surface area contributed by atoms with Crippen LogP contribution < -0.4 is 10.6 Å². The molecule has 4 aromatic rings. The third-order valence-corrected chi connectivity index (χ3v) is 7.72. The fraction of sp³-hybridized carbons (Fsp3) is 0.259. The van der Waals surface area contributed by atoms with Crippen molar-refractivity contribution >= 4 is 56.5 Å². The normalized spacial score (nSPS) is 17.6. The van der Waals surface area contributed by atoms with Gasteiger partial charge in [0.1, 0.15) is 12.4 Å². The fourth-order valence-electron chi connectivity index (χ4n) is 4.90. The molecule has 0 spiro atoms. The predicted octanol–water partition coefficient (Wildman–Crippen LogP) is 6.82. The lowest BCUT2D eigenvalue weighted by molar-refractivity contribution is -0.147. The number of carbonyl (C=O) groups is 2. The van der Waals surface area contributed by atoms with E-state index in [0.29, 0.717) is 22.3 Å². The standard InChI is InChI=1S/C27H25ClN4O3S/c1-16(33)35-22-10-8-17(9-11-22)23-14-36-26-24(30-15-31-25(23)26)18-4-2-6-20(12-18)32(27(29)34)21-7-3-5-19(28)13-21/h2-7,12-15,17,22H,8-11H2,1H3,(H2,29,34). The molecule has 1 aliphatic rings. The minimum atomic E-state index is -0.606. The van der Waals surface area contributed by atoms with Crippen molar-refractivity contribution in [1.29, 1.82) is 0 Å². The number of urea groups is 1. The van der Waals surface area contributed by atoms with E-state index in [-0.39, 0.29) is 12.1 Å². The lowest BCUT2D eigenvalue weighted by Gasteiger charge is -2.27. The van der Waals surface area contributed by atoms with Gasteiger partial charge >= 0.3 is 12.0 Å². The van der Waals surface area contributed by atoms with E-state index in [1.54, 1.807) is 41.9 Å². The summed E-state index contributed by atoms with van der Waals surface area (Å²) in [5.74, 6) is 0.150. The van der Waals surface area contributed by atoms with E-state index in [9.17, 15) is 9.59 Å². The Morgan fingerprint density at radius 2 is 1.78 bits per heavy atom. The quantitative estimate of drug-likeness (QED) is 0.291. The van der Waals surface area contributed by atoms with Crippen molar-refractivity contribution in [3.63, 3.8) is 0 Å². The Morgan fingerprint density at radius 1 is 1.06 bits per heavy atom. The summed E-state index contributed by atoms with van der Waals surface area (Å²) in [6, 6.07) is 14.0. The second-order valence-electron chi connectivity index (χ2n) is 8.88. The number of aromatic nitrogens is 2. The van der Waals surface area contributed by atoms with Crippen LogP contribution in [0.15, 0.2) is 60.2 Å². The summed E-state index contributed by atoms with van der Waals surface area (Å²) in [6.07, 6.45) is 5.21. The van der Waals surface area contributed by atoms with E-state index < -0.39 is 6.03 Å². The van der Waals surface area contributed by atoms with Crippen molar-refractivity contribution in [3.05, 3.63) is 70.8 Å². The maximum absolute atomic E-state index is 12.4. The number of rotatable bonds is 5. The van der Waals surface area contributed by atoms with Crippen molar-refractivity contribution < 1.29 is 14.3 Å². The third kappa shape index (κ3) is 4.92. The first-order valence-corrected chi connectivity index (χ1v) is 13.0. The van der Waals surface area contributed by atoms with Crippen molar-refractivity contribution in [2.24, 2.45) is 5.73 Å². The van der Waals surface area contributed by atoms with Crippen LogP contribution in [-0.2, 0) is 9.53 Å². The van der Waals surface area contributed by atoms with Crippen LogP contribution in [0.2, 0.25) is 5.02 Å². The number of thiophene rings is 1. The molecule has 0 bridgehead atoms. The Kier molecular flexibility index (Phi) is 6.89. The van der Waals surface area contributed by atoms with Crippen LogP contribution in [0.25, 0.3) is 21.5 Å². The van der Waals surface area contributed by atoms with Crippen molar-refractivity contribution in [1.82, 2.24) is 9.97 Å². The number of nitrogens with two attached hydrogens (primary N) is 1. The van der Waals surface area contributed by atoms with Crippen molar-refractivity contribution in [2.45, 2.75) is 44.6 Å². The Hall–Kier alpha value is -3.49. The maximum atomic E-state index is 12.4. The first kappa shape index (κ1) is 24.2. The first-order valence-electron chi connectivity index (χ1n) is 11.8. The number of fused-ring (bicyclic) bond motifs is 1. The highest BCUT2D eigenvalue weighted by atomic mass is 35.5. The van der Waals surface area contributed by atoms with E-state index in [4.69, 9.17) is 22.1 Å². The molecule has 0 aliphatic heterocycles. The Labute approximate surface area is 217 Å². The minimum Gasteiger partial charge on any atom is -0.463 e. The van der Waals surface area contributed by atoms with E-state index in [2.05, 4.69) is 15.3 Å². The summed E-state index contributed by atoms with van der Waals surface area (Å²) in [4.78, 5) is 34.3. The molecule has 2 aromatic carbocycles. The van der Waals surface area contributed by atoms with Crippen LogP contribution in [0.3, 0.4) is 0 Å². The number of anilines is 2. The van der Waals surface area contributed by atoms with Crippen molar-refractivity contribution in [3.8, 4) is 11.3 Å². The summed E-state index contributed by atoms with van der Waals surface area (Å²) in [6.45, 7) is 1.46. The Morgan fingerprint density at radius 3 is 2.47 bits per heavy atom. The molecule has 2 heterocycles. The molecular weight excluding hydrogens is 496 g/mol. The van der Waals surface area contributed by atoms with E-state index in [1.165, 1.54) is 17.4 Å². The van der Waals surface area contributed by atoms with Gasteiger partial charge in [0.15, 0.2) is 0 Å². The molecule has 36 heavy (non-hydrogen) atoms. The molecular formula is C27H25ClN4O3S. The second-order valence-corrected chi connectivity index (χ2v) is 10.2. The topological polar surface area (TPSA) is 98.4 Å². The highest BCUT2D eigenvalue weighted by Crippen LogP contribution is 2.42. The van der Waals surface area contributed by atoms with Gasteiger partial charge in [0.25, 0.3) is 0 Å². The van der Waals surface area contributed by atoms with Gasteiger partial charge in [0.05, 0.1) is 27.3 Å². The van der Waals surface area contributed by atoms with Crippen LogP contribution in [-0.4, -0.2) is 28.1 Å². The van der Waals surface area contributed by atoms with Crippen LogP contribution >= 0.6 is 22.9 Å². The number of ether oxygens (including phenoxy) is 1. The van der Waals surface area contributed by atoms with Crippen LogP contribution in [0.4, 0.5) is 16.2 Å². The molecule has 1 saturated carbocycles. The number of carbonyl (C=O) groups excluding carboxylic acids is 2. The van der Waals surface area contributed by atoms with E-state index in [1.807, 2.05) is 24.3 Å². The zero-order chi connectivity index (χ0) is 25.2.